The van der Waals surface area contributed by atoms with E-state index in [1.54, 1.807) is 18.3 Å². The Kier molecular flexibility index (Phi) is 4.44. The molecule has 2 rings (SSSR count). The van der Waals surface area contributed by atoms with E-state index in [-0.39, 0.29) is 11.9 Å². The summed E-state index contributed by atoms with van der Waals surface area (Å²) in [6.07, 6.45) is 1.78. The summed E-state index contributed by atoms with van der Waals surface area (Å²) in [5, 5.41) is 3.35. The highest BCUT2D eigenvalue weighted by Gasteiger charge is 2.05. The maximum Gasteiger partial charge on any atom is 0.123 e. The first kappa shape index (κ1) is 13.2. The molecule has 18 heavy (non-hydrogen) atoms. The summed E-state index contributed by atoms with van der Waals surface area (Å²) in [5.74, 6) is -0.208. The van der Waals surface area contributed by atoms with Gasteiger partial charge in [0.2, 0.25) is 0 Å². The van der Waals surface area contributed by atoms with Crippen LogP contribution in [-0.2, 0) is 6.54 Å². The number of nitrogens with zero attached hydrogens (tertiary/aromatic N) is 1. The molecule has 0 unspecified atom stereocenters. The molecule has 0 aliphatic rings. The topological polar surface area (TPSA) is 24.9 Å². The van der Waals surface area contributed by atoms with Gasteiger partial charge in [0.15, 0.2) is 0 Å². The van der Waals surface area contributed by atoms with E-state index in [1.165, 1.54) is 12.1 Å². The van der Waals surface area contributed by atoms with Crippen molar-refractivity contribution in [3.05, 3.63) is 64.1 Å². The molecular weight excluding hydrogens is 295 g/mol. The number of hydrogen-bond acceptors (Lipinski definition) is 2. The van der Waals surface area contributed by atoms with E-state index in [1.807, 2.05) is 19.1 Å². The van der Waals surface area contributed by atoms with Crippen molar-refractivity contribution in [2.75, 3.05) is 0 Å². The Hall–Kier alpha value is -1.26. The molecule has 0 spiro atoms. The number of benzene rings is 1. The van der Waals surface area contributed by atoms with Crippen LogP contribution in [0.15, 0.2) is 47.1 Å². The van der Waals surface area contributed by atoms with E-state index in [4.69, 9.17) is 0 Å². The number of nitrogens with one attached hydrogen (secondary N) is 1. The monoisotopic (exact) mass is 308 g/mol. The van der Waals surface area contributed by atoms with Gasteiger partial charge < -0.3 is 5.32 Å². The molecule has 1 aromatic heterocycles. The predicted octanol–water partition coefficient (Wildman–Crippen LogP) is 3.83. The van der Waals surface area contributed by atoms with Crippen LogP contribution in [0, 0.1) is 5.82 Å². The minimum atomic E-state index is -0.208. The summed E-state index contributed by atoms with van der Waals surface area (Å²) in [4.78, 5) is 4.29. The third-order valence-electron chi connectivity index (χ3n) is 2.75. The van der Waals surface area contributed by atoms with Crippen LogP contribution < -0.4 is 5.32 Å². The average Bonchev–Trinajstić information content (AvgIpc) is 2.38. The zero-order valence-corrected chi connectivity index (χ0v) is 11.6. The molecule has 0 aliphatic heterocycles. The maximum absolute atomic E-state index is 12.8. The smallest absolute Gasteiger partial charge is 0.123 e. The van der Waals surface area contributed by atoms with Crippen LogP contribution >= 0.6 is 15.9 Å². The molecule has 0 fully saturated rings. The number of rotatable bonds is 4. The minimum absolute atomic E-state index is 0.163. The molecule has 1 N–H and O–H groups in total. The largest absolute Gasteiger partial charge is 0.305 e. The van der Waals surface area contributed by atoms with E-state index in [0.29, 0.717) is 6.54 Å². The Labute approximate surface area is 114 Å². The molecule has 0 amide bonds. The maximum atomic E-state index is 12.8. The fraction of sp³-hybridized carbons (Fsp3) is 0.214. The van der Waals surface area contributed by atoms with E-state index in [2.05, 4.69) is 26.2 Å². The van der Waals surface area contributed by atoms with E-state index < -0.39 is 0 Å². The van der Waals surface area contributed by atoms with Gasteiger partial charge in [0.1, 0.15) is 5.82 Å². The summed E-state index contributed by atoms with van der Waals surface area (Å²) in [5.41, 5.74) is 2.04. The Morgan fingerprint density at radius 3 is 2.56 bits per heavy atom. The van der Waals surface area contributed by atoms with Gasteiger partial charge in [0.05, 0.1) is 5.69 Å². The molecular formula is C14H14BrFN2. The van der Waals surface area contributed by atoms with Crippen LogP contribution in [0.4, 0.5) is 4.39 Å². The minimum Gasteiger partial charge on any atom is -0.305 e. The Morgan fingerprint density at radius 2 is 1.94 bits per heavy atom. The molecule has 1 heterocycles. The highest BCUT2D eigenvalue weighted by molar-refractivity contribution is 9.10. The zero-order valence-electron chi connectivity index (χ0n) is 10.0. The summed E-state index contributed by atoms with van der Waals surface area (Å²) in [6, 6.07) is 10.6. The molecule has 2 nitrogen and oxygen atoms in total. The van der Waals surface area contributed by atoms with Gasteiger partial charge in [0, 0.05) is 23.3 Å². The second-order valence-corrected chi connectivity index (χ2v) is 5.04. The Morgan fingerprint density at radius 1 is 1.22 bits per heavy atom. The lowest BCUT2D eigenvalue weighted by molar-refractivity contribution is 0.564. The third-order valence-corrected chi connectivity index (χ3v) is 3.22. The molecule has 0 aliphatic carbocycles. The van der Waals surface area contributed by atoms with Crippen molar-refractivity contribution in [1.29, 1.82) is 0 Å². The van der Waals surface area contributed by atoms with Crippen LogP contribution in [0.5, 0.6) is 0 Å². The zero-order chi connectivity index (χ0) is 13.0. The average molecular weight is 309 g/mol. The first-order valence-electron chi connectivity index (χ1n) is 5.74. The SMILES string of the molecule is C[C@@H](NCc1ccc(Br)cn1)c1ccc(F)cc1. The number of pyridine rings is 1. The van der Waals surface area contributed by atoms with Crippen molar-refractivity contribution in [2.24, 2.45) is 0 Å². The summed E-state index contributed by atoms with van der Waals surface area (Å²) >= 11 is 3.35. The molecule has 0 saturated heterocycles. The lowest BCUT2D eigenvalue weighted by Crippen LogP contribution is -2.18. The second-order valence-electron chi connectivity index (χ2n) is 4.12. The van der Waals surface area contributed by atoms with Crippen molar-refractivity contribution in [3.63, 3.8) is 0 Å². The van der Waals surface area contributed by atoms with Crippen molar-refractivity contribution < 1.29 is 4.39 Å². The molecule has 4 heteroatoms. The molecule has 2 aromatic rings. The van der Waals surface area contributed by atoms with Crippen molar-refractivity contribution in [3.8, 4) is 0 Å². The van der Waals surface area contributed by atoms with Gasteiger partial charge in [-0.3, -0.25) is 4.98 Å². The summed E-state index contributed by atoms with van der Waals surface area (Å²) < 4.78 is 13.8. The lowest BCUT2D eigenvalue weighted by atomic mass is 10.1. The number of hydrogen-bond donors (Lipinski definition) is 1. The fourth-order valence-electron chi connectivity index (χ4n) is 1.64. The second kappa shape index (κ2) is 6.07. The molecule has 0 bridgehead atoms. The quantitative estimate of drug-likeness (QED) is 0.928. The Balaban J connectivity index is 1.93. The van der Waals surface area contributed by atoms with Crippen LogP contribution in [0.3, 0.4) is 0 Å². The third kappa shape index (κ3) is 3.62. The van der Waals surface area contributed by atoms with E-state index >= 15 is 0 Å². The van der Waals surface area contributed by atoms with Crippen molar-refractivity contribution in [1.82, 2.24) is 10.3 Å². The standard InChI is InChI=1S/C14H14BrFN2/c1-10(11-2-5-13(16)6-3-11)17-9-14-7-4-12(15)8-18-14/h2-8,10,17H,9H2,1H3/t10-/m1/s1. The molecule has 94 valence electrons. The first-order chi connectivity index (χ1) is 8.65. The molecule has 0 saturated carbocycles. The fourth-order valence-corrected chi connectivity index (χ4v) is 1.87. The van der Waals surface area contributed by atoms with Gasteiger partial charge in [-0.25, -0.2) is 4.39 Å². The lowest BCUT2D eigenvalue weighted by Gasteiger charge is -2.13. The van der Waals surface area contributed by atoms with Crippen LogP contribution in [-0.4, -0.2) is 4.98 Å². The van der Waals surface area contributed by atoms with Gasteiger partial charge in [-0.15, -0.1) is 0 Å². The van der Waals surface area contributed by atoms with Crippen LogP contribution in [0.2, 0.25) is 0 Å². The molecule has 1 aromatic carbocycles. The van der Waals surface area contributed by atoms with Crippen LogP contribution in [0.1, 0.15) is 24.2 Å². The summed E-state index contributed by atoms with van der Waals surface area (Å²) in [6.45, 7) is 2.73. The Bertz CT molecular complexity index is 496. The highest BCUT2D eigenvalue weighted by atomic mass is 79.9. The first-order valence-corrected chi connectivity index (χ1v) is 6.54. The molecule has 1 atom stereocenters. The van der Waals surface area contributed by atoms with Gasteiger partial charge in [0.25, 0.3) is 0 Å². The van der Waals surface area contributed by atoms with Crippen LogP contribution in [0.25, 0.3) is 0 Å². The molecule has 0 radical (unpaired) electrons. The van der Waals surface area contributed by atoms with Gasteiger partial charge in [-0.05, 0) is 52.7 Å². The van der Waals surface area contributed by atoms with E-state index in [0.717, 1.165) is 15.7 Å². The van der Waals surface area contributed by atoms with Gasteiger partial charge in [-0.1, -0.05) is 12.1 Å². The summed E-state index contributed by atoms with van der Waals surface area (Å²) in [7, 11) is 0. The number of aromatic nitrogens is 1. The highest BCUT2D eigenvalue weighted by Crippen LogP contribution is 2.14. The van der Waals surface area contributed by atoms with Gasteiger partial charge in [-0.2, -0.15) is 0 Å². The predicted molar refractivity (Wildman–Crippen MR) is 73.6 cm³/mol. The normalized spacial score (nSPS) is 12.4. The van der Waals surface area contributed by atoms with Crippen molar-refractivity contribution >= 4 is 15.9 Å². The number of halogens is 2. The van der Waals surface area contributed by atoms with E-state index in [9.17, 15) is 4.39 Å². The van der Waals surface area contributed by atoms with Gasteiger partial charge >= 0.3 is 0 Å². The van der Waals surface area contributed by atoms with Crippen molar-refractivity contribution in [2.45, 2.75) is 19.5 Å².